The number of nitrogens with one attached hydrogen (secondary N) is 3. The minimum Gasteiger partial charge on any atom is -0.454 e. The van der Waals surface area contributed by atoms with Crippen LogP contribution in [0.1, 0.15) is 68.9 Å². The van der Waals surface area contributed by atoms with Gasteiger partial charge in [-0.3, -0.25) is 24.0 Å². The number of carbonyl (C=O) groups excluding carboxylic acids is 4. The van der Waals surface area contributed by atoms with E-state index in [2.05, 4.69) is 14.8 Å². The minimum absolute atomic E-state index is 0.0322. The third-order valence-electron chi connectivity index (χ3n) is 11.1. The second kappa shape index (κ2) is 14.4. The highest BCUT2D eigenvalue weighted by Gasteiger charge is 2.62. The van der Waals surface area contributed by atoms with Crippen molar-refractivity contribution in [3.8, 4) is 11.5 Å². The monoisotopic (exact) mass is 797 g/mol. The molecule has 2 aliphatic carbocycles. The molecule has 4 heterocycles. The van der Waals surface area contributed by atoms with Crippen LogP contribution in [0.5, 0.6) is 11.5 Å². The second-order valence-electron chi connectivity index (χ2n) is 15.1. The van der Waals surface area contributed by atoms with Crippen molar-refractivity contribution in [3.05, 3.63) is 65.7 Å². The van der Waals surface area contributed by atoms with Gasteiger partial charge in [0.1, 0.15) is 23.7 Å². The van der Waals surface area contributed by atoms with Crippen LogP contribution in [0.25, 0.3) is 0 Å². The van der Waals surface area contributed by atoms with Gasteiger partial charge < -0.3 is 24.4 Å². The largest absolute Gasteiger partial charge is 0.454 e. The van der Waals surface area contributed by atoms with Gasteiger partial charge in [0.25, 0.3) is 5.91 Å². The Morgan fingerprint density at radius 3 is 2.33 bits per heavy atom. The molecule has 2 aromatic rings. The number of nitrogens with zero attached hydrogens (tertiary/aromatic N) is 2. The standard InChI is InChI=1S/C37H43N5O11S2/c43-33-30-17-26(53-36(46)41-19-23-15-31-32(52-22-51-31)16-24(23)20-41)21-42(30)34(44)29(39-54(47,48)27-10-6-4-7-11-27)12-8-3-1-2-5-9-25-18-37(25,38-33)35(45)40-55(49,50)28-13-14-28/h4-7,9-11,15-16,25-26,28-30,39H,1-3,8,12-14,17-22H2,(H,38,43)(H,40,45)/t25-,26-,29+,30+,37-/m1/s1. The van der Waals surface area contributed by atoms with Crippen LogP contribution in [0.15, 0.2) is 59.5 Å². The Morgan fingerprint density at radius 2 is 1.64 bits per heavy atom. The molecule has 4 aliphatic heterocycles. The first-order chi connectivity index (χ1) is 26.3. The molecular weight excluding hydrogens is 755 g/mol. The van der Waals surface area contributed by atoms with E-state index in [1.807, 2.05) is 24.3 Å². The highest BCUT2D eigenvalue weighted by molar-refractivity contribution is 7.91. The van der Waals surface area contributed by atoms with E-state index in [-0.39, 0.29) is 50.6 Å². The number of fused-ring (bicyclic) bond motifs is 4. The Hall–Kier alpha value is -4.68. The number of benzene rings is 2. The van der Waals surface area contributed by atoms with E-state index < -0.39 is 78.8 Å². The topological polar surface area (TPSA) is 207 Å². The Balaban J connectivity index is 1.06. The number of carbonyl (C=O) groups is 4. The molecule has 0 bridgehead atoms. The predicted molar refractivity (Wildman–Crippen MR) is 194 cm³/mol. The van der Waals surface area contributed by atoms with Crippen LogP contribution in [0, 0.1) is 5.92 Å². The first-order valence-corrected chi connectivity index (χ1v) is 21.7. The normalized spacial score (nSPS) is 27.9. The van der Waals surface area contributed by atoms with Crippen LogP contribution in [0.3, 0.4) is 0 Å². The summed E-state index contributed by atoms with van der Waals surface area (Å²) in [7, 11) is -8.10. The second-order valence-corrected chi connectivity index (χ2v) is 18.8. The molecule has 2 aromatic carbocycles. The lowest BCUT2D eigenvalue weighted by Gasteiger charge is -2.29. The fraction of sp³-hybridized carbons (Fsp3) is 0.514. The molecule has 5 atom stereocenters. The van der Waals surface area contributed by atoms with Crippen molar-refractivity contribution in [2.75, 3.05) is 13.3 Å². The molecule has 2 saturated carbocycles. The predicted octanol–water partition coefficient (Wildman–Crippen LogP) is 2.19. The molecule has 3 N–H and O–H groups in total. The highest BCUT2D eigenvalue weighted by Crippen LogP contribution is 2.46. The van der Waals surface area contributed by atoms with Gasteiger partial charge in [-0.25, -0.2) is 21.6 Å². The fourth-order valence-electron chi connectivity index (χ4n) is 7.81. The van der Waals surface area contributed by atoms with Crippen LogP contribution in [0.4, 0.5) is 4.79 Å². The van der Waals surface area contributed by atoms with Gasteiger partial charge in [-0.15, -0.1) is 0 Å². The van der Waals surface area contributed by atoms with Crippen molar-refractivity contribution >= 4 is 43.9 Å². The molecule has 0 aromatic heterocycles. The zero-order chi connectivity index (χ0) is 38.5. The molecule has 0 unspecified atom stereocenters. The van der Waals surface area contributed by atoms with Gasteiger partial charge in [0, 0.05) is 25.4 Å². The van der Waals surface area contributed by atoms with E-state index in [1.54, 1.807) is 18.2 Å². The number of hydrogen-bond donors (Lipinski definition) is 3. The van der Waals surface area contributed by atoms with E-state index in [1.165, 1.54) is 21.9 Å². The number of ether oxygens (including phenoxy) is 3. The van der Waals surface area contributed by atoms with Gasteiger partial charge in [-0.2, -0.15) is 4.72 Å². The maximum Gasteiger partial charge on any atom is 0.410 e. The zero-order valence-corrected chi connectivity index (χ0v) is 31.6. The van der Waals surface area contributed by atoms with Crippen molar-refractivity contribution in [1.82, 2.24) is 24.6 Å². The highest BCUT2D eigenvalue weighted by atomic mass is 32.2. The molecule has 1 saturated heterocycles. The fourth-order valence-corrected chi connectivity index (χ4v) is 10.4. The molecular formula is C37H43N5O11S2. The summed E-state index contributed by atoms with van der Waals surface area (Å²) in [5, 5.41) is 2.12. The number of rotatable bonds is 7. The van der Waals surface area contributed by atoms with Crippen LogP contribution >= 0.6 is 0 Å². The molecule has 0 spiro atoms. The quantitative estimate of drug-likeness (QED) is 0.346. The number of allylic oxidation sites excluding steroid dienone is 1. The lowest BCUT2D eigenvalue weighted by molar-refractivity contribution is -0.141. The molecule has 6 aliphatic rings. The summed E-state index contributed by atoms with van der Waals surface area (Å²) in [4.78, 5) is 58.7. The number of amides is 4. The SMILES string of the molecule is O=C1N[C@]2(C(=O)NS(=O)(=O)C3CC3)C[C@H]2C=CCCCCC[C@H](NS(=O)(=O)c2ccccc2)C(=O)N2C[C@H](OC(=O)N3Cc4cc5c(cc4C3)OCO5)C[C@@H]12. The van der Waals surface area contributed by atoms with Crippen LogP contribution in [-0.4, -0.2) is 92.8 Å². The van der Waals surface area contributed by atoms with Crippen molar-refractivity contribution in [2.24, 2.45) is 5.92 Å². The number of hydrogen-bond acceptors (Lipinski definition) is 11. The average Bonchev–Trinajstić information content (AvgIpc) is 3.97. The summed E-state index contributed by atoms with van der Waals surface area (Å²) in [5.74, 6) is -1.60. The number of sulfonamides is 2. The Bertz CT molecular complexity index is 2110. The van der Waals surface area contributed by atoms with E-state index >= 15 is 0 Å². The van der Waals surface area contributed by atoms with Gasteiger partial charge in [-0.1, -0.05) is 43.2 Å². The maximum absolute atomic E-state index is 14.5. The van der Waals surface area contributed by atoms with Crippen molar-refractivity contribution < 1.29 is 50.2 Å². The molecule has 55 heavy (non-hydrogen) atoms. The summed E-state index contributed by atoms with van der Waals surface area (Å²) >= 11 is 0. The summed E-state index contributed by atoms with van der Waals surface area (Å²) < 4.78 is 74.3. The first kappa shape index (κ1) is 37.3. The van der Waals surface area contributed by atoms with Gasteiger partial charge in [0.2, 0.25) is 38.7 Å². The van der Waals surface area contributed by atoms with Crippen molar-refractivity contribution in [3.63, 3.8) is 0 Å². The Morgan fingerprint density at radius 1 is 0.927 bits per heavy atom. The third-order valence-corrected chi connectivity index (χ3v) is 14.4. The van der Waals surface area contributed by atoms with E-state index in [0.29, 0.717) is 50.0 Å². The molecule has 4 amide bonds. The summed E-state index contributed by atoms with van der Waals surface area (Å²) in [5.41, 5.74) is 0.148. The smallest absolute Gasteiger partial charge is 0.410 e. The van der Waals surface area contributed by atoms with E-state index in [0.717, 1.165) is 11.1 Å². The van der Waals surface area contributed by atoms with E-state index in [4.69, 9.17) is 14.2 Å². The van der Waals surface area contributed by atoms with Gasteiger partial charge in [0.15, 0.2) is 11.5 Å². The van der Waals surface area contributed by atoms with Gasteiger partial charge in [0.05, 0.1) is 16.7 Å². The summed E-state index contributed by atoms with van der Waals surface area (Å²) in [6.45, 7) is 0.377. The molecule has 3 fully saturated rings. The Labute approximate surface area is 319 Å². The maximum atomic E-state index is 14.5. The van der Waals surface area contributed by atoms with Crippen LogP contribution in [-0.2, 0) is 52.3 Å². The molecule has 16 nitrogen and oxygen atoms in total. The summed E-state index contributed by atoms with van der Waals surface area (Å²) in [6, 6.07) is 8.74. The van der Waals surface area contributed by atoms with E-state index in [9.17, 15) is 36.0 Å². The Kier molecular flexibility index (Phi) is 9.78. The summed E-state index contributed by atoms with van der Waals surface area (Å²) in [6.07, 6.45) is 5.59. The van der Waals surface area contributed by atoms with Crippen molar-refractivity contribution in [2.45, 2.75) is 105 Å². The van der Waals surface area contributed by atoms with Crippen LogP contribution in [0.2, 0.25) is 0 Å². The van der Waals surface area contributed by atoms with Gasteiger partial charge in [-0.05, 0) is 73.9 Å². The molecule has 18 heteroatoms. The average molecular weight is 798 g/mol. The third kappa shape index (κ3) is 7.63. The molecule has 294 valence electrons. The molecule has 8 rings (SSSR count). The minimum atomic E-state index is -4.16. The van der Waals surface area contributed by atoms with Gasteiger partial charge >= 0.3 is 6.09 Å². The van der Waals surface area contributed by atoms with Crippen LogP contribution < -0.4 is 24.2 Å². The lowest BCUT2D eigenvalue weighted by atomic mass is 10.1. The zero-order valence-electron chi connectivity index (χ0n) is 30.0. The lowest BCUT2D eigenvalue weighted by Crippen LogP contribution is -2.58. The first-order valence-electron chi connectivity index (χ1n) is 18.6. The molecule has 0 radical (unpaired) electrons. The van der Waals surface area contributed by atoms with Crippen molar-refractivity contribution in [1.29, 1.82) is 0 Å².